The summed E-state index contributed by atoms with van der Waals surface area (Å²) in [6.45, 7) is 0.455. The fourth-order valence-electron chi connectivity index (χ4n) is 1.73. The van der Waals surface area contributed by atoms with Gasteiger partial charge in [0.2, 0.25) is 0 Å². The molecule has 0 amide bonds. The van der Waals surface area contributed by atoms with Crippen molar-refractivity contribution in [2.75, 3.05) is 18.0 Å². The summed E-state index contributed by atoms with van der Waals surface area (Å²) < 4.78 is 0. The van der Waals surface area contributed by atoms with E-state index in [0.29, 0.717) is 5.82 Å². The lowest BCUT2D eigenvalue weighted by Gasteiger charge is -2.18. The molecule has 0 bridgehead atoms. The van der Waals surface area contributed by atoms with E-state index in [0.717, 1.165) is 0 Å². The second-order valence-electron chi connectivity index (χ2n) is 3.75. The van der Waals surface area contributed by atoms with Crippen LogP contribution in [-0.4, -0.2) is 56.5 Å². The number of hydrogen-bond acceptors (Lipinski definition) is 7. The van der Waals surface area contributed by atoms with Gasteiger partial charge in [0.05, 0.1) is 12.2 Å². The van der Waals surface area contributed by atoms with Crippen LogP contribution in [0.4, 0.5) is 5.82 Å². The van der Waals surface area contributed by atoms with Crippen LogP contribution in [0.5, 0.6) is 0 Å². The Balaban J connectivity index is 2.33. The maximum absolute atomic E-state index is 9.47. The zero-order valence-electron chi connectivity index (χ0n) is 8.93. The fraction of sp³-hybridized carbons (Fsp3) is 0.444. The van der Waals surface area contributed by atoms with Crippen LogP contribution >= 0.6 is 0 Å². The number of aliphatic hydroxyl groups excluding tert-OH is 2. The predicted molar refractivity (Wildman–Crippen MR) is 58.8 cm³/mol. The molecule has 8 nitrogen and oxygen atoms in total. The number of aliphatic hydroxyl groups is 2. The van der Waals surface area contributed by atoms with Crippen molar-refractivity contribution in [3.05, 3.63) is 18.1 Å². The first-order chi connectivity index (χ1) is 8.13. The second kappa shape index (κ2) is 4.52. The van der Waals surface area contributed by atoms with E-state index in [-0.39, 0.29) is 24.6 Å². The maximum atomic E-state index is 9.47. The third-order valence-corrected chi connectivity index (χ3v) is 2.59. The number of hydrogen-bond donors (Lipinski definition) is 4. The van der Waals surface area contributed by atoms with Crippen molar-refractivity contribution < 1.29 is 15.4 Å². The molecular formula is C9H13N5O3. The van der Waals surface area contributed by atoms with Crippen LogP contribution in [-0.2, 0) is 0 Å². The molecule has 92 valence electrons. The summed E-state index contributed by atoms with van der Waals surface area (Å²) in [5, 5.41) is 30.4. The number of rotatable bonds is 2. The fourth-order valence-corrected chi connectivity index (χ4v) is 1.73. The Morgan fingerprint density at radius 3 is 2.47 bits per heavy atom. The van der Waals surface area contributed by atoms with Gasteiger partial charge >= 0.3 is 0 Å². The van der Waals surface area contributed by atoms with Crippen molar-refractivity contribution in [1.29, 1.82) is 0 Å². The van der Waals surface area contributed by atoms with Crippen molar-refractivity contribution in [3.8, 4) is 0 Å². The topological polar surface area (TPSA) is 128 Å². The van der Waals surface area contributed by atoms with Crippen molar-refractivity contribution in [2.24, 2.45) is 10.9 Å². The Bertz CT molecular complexity index is 428. The second-order valence-corrected chi connectivity index (χ2v) is 3.75. The highest BCUT2D eigenvalue weighted by Gasteiger charge is 2.32. The number of aromatic nitrogens is 2. The molecule has 1 fully saturated rings. The van der Waals surface area contributed by atoms with E-state index in [1.807, 2.05) is 0 Å². The monoisotopic (exact) mass is 239 g/mol. The van der Waals surface area contributed by atoms with Crippen LogP contribution in [0.1, 0.15) is 5.69 Å². The summed E-state index contributed by atoms with van der Waals surface area (Å²) in [5.74, 6) is 0.211. The molecule has 2 atom stereocenters. The summed E-state index contributed by atoms with van der Waals surface area (Å²) in [7, 11) is 0. The Hall–Kier alpha value is -1.93. The van der Waals surface area contributed by atoms with Crippen molar-refractivity contribution >= 4 is 11.7 Å². The number of amidine groups is 1. The van der Waals surface area contributed by atoms with E-state index >= 15 is 0 Å². The Kier molecular flexibility index (Phi) is 3.07. The van der Waals surface area contributed by atoms with Crippen LogP contribution < -0.4 is 10.6 Å². The number of β-amino-alcohol motifs (C(OH)–C–C–N with tert-alkyl or cyclic N) is 2. The third-order valence-electron chi connectivity index (χ3n) is 2.59. The number of nitrogens with two attached hydrogens (primary N) is 1. The molecule has 8 heteroatoms. The quantitative estimate of drug-likeness (QED) is 0.205. The van der Waals surface area contributed by atoms with Crippen LogP contribution in [0.25, 0.3) is 0 Å². The molecule has 0 aliphatic carbocycles. The van der Waals surface area contributed by atoms with Crippen LogP contribution in [0, 0.1) is 0 Å². The smallest absolute Gasteiger partial charge is 0.192 e. The summed E-state index contributed by atoms with van der Waals surface area (Å²) in [4.78, 5) is 9.66. The molecule has 0 saturated carbocycles. The van der Waals surface area contributed by atoms with Gasteiger partial charge in [0.1, 0.15) is 0 Å². The maximum Gasteiger partial charge on any atom is 0.192 e. The third kappa shape index (κ3) is 2.12. The number of nitrogens with zero attached hydrogens (tertiary/aromatic N) is 4. The van der Waals surface area contributed by atoms with E-state index < -0.39 is 12.2 Å². The van der Waals surface area contributed by atoms with Crippen molar-refractivity contribution in [2.45, 2.75) is 12.2 Å². The molecule has 5 N–H and O–H groups in total. The molecule has 1 aromatic rings. The van der Waals surface area contributed by atoms with Gasteiger partial charge in [-0.05, 0) is 0 Å². The largest absolute Gasteiger partial charge is 0.409 e. The molecule has 1 aromatic heterocycles. The van der Waals surface area contributed by atoms with E-state index in [9.17, 15) is 10.2 Å². The standard InChI is InChI=1S/C9H13N5O3/c10-8(13-17)7-9(12-2-1-11-7)14-3-5(15)6(16)4-14/h1-2,5-6,15-17H,3-4H2,(H2,10,13). The van der Waals surface area contributed by atoms with E-state index in [1.165, 1.54) is 12.4 Å². The zero-order valence-corrected chi connectivity index (χ0v) is 8.93. The molecule has 0 spiro atoms. The van der Waals surface area contributed by atoms with Gasteiger partial charge in [-0.15, -0.1) is 0 Å². The average molecular weight is 239 g/mol. The average Bonchev–Trinajstić information content (AvgIpc) is 2.68. The zero-order chi connectivity index (χ0) is 12.4. The summed E-state index contributed by atoms with van der Waals surface area (Å²) in [6, 6.07) is 0. The number of anilines is 1. The van der Waals surface area contributed by atoms with Gasteiger partial charge in [-0.25, -0.2) is 9.97 Å². The molecule has 17 heavy (non-hydrogen) atoms. The summed E-state index contributed by atoms with van der Waals surface area (Å²) >= 11 is 0. The lowest BCUT2D eigenvalue weighted by Crippen LogP contribution is -2.27. The van der Waals surface area contributed by atoms with Crippen molar-refractivity contribution in [3.63, 3.8) is 0 Å². The first-order valence-electron chi connectivity index (χ1n) is 5.03. The predicted octanol–water partition coefficient (Wildman–Crippen LogP) is -1.89. The normalized spacial score (nSPS) is 25.3. The lowest BCUT2D eigenvalue weighted by atomic mass is 10.3. The molecule has 1 saturated heterocycles. The van der Waals surface area contributed by atoms with Crippen LogP contribution in [0.2, 0.25) is 0 Å². The van der Waals surface area contributed by atoms with Gasteiger partial charge in [0, 0.05) is 25.5 Å². The Morgan fingerprint density at radius 1 is 1.29 bits per heavy atom. The van der Waals surface area contributed by atoms with E-state index in [2.05, 4.69) is 15.1 Å². The molecule has 1 aliphatic heterocycles. The molecule has 2 heterocycles. The minimum atomic E-state index is -0.836. The van der Waals surface area contributed by atoms with Crippen LogP contribution in [0.3, 0.4) is 0 Å². The van der Waals surface area contributed by atoms with Crippen molar-refractivity contribution in [1.82, 2.24) is 9.97 Å². The van der Waals surface area contributed by atoms with Gasteiger partial charge in [0.25, 0.3) is 0 Å². The molecule has 1 aliphatic rings. The number of oxime groups is 1. The summed E-state index contributed by atoms with van der Waals surface area (Å²) in [6.07, 6.45) is 1.20. The first-order valence-corrected chi connectivity index (χ1v) is 5.03. The summed E-state index contributed by atoms with van der Waals surface area (Å²) in [5.41, 5.74) is 5.70. The first kappa shape index (κ1) is 11.6. The van der Waals surface area contributed by atoms with Gasteiger partial charge in [-0.3, -0.25) is 0 Å². The Labute approximate surface area is 97.0 Å². The lowest BCUT2D eigenvalue weighted by molar-refractivity contribution is 0.0572. The molecule has 0 radical (unpaired) electrons. The van der Waals surface area contributed by atoms with Crippen LogP contribution in [0.15, 0.2) is 17.5 Å². The Morgan fingerprint density at radius 2 is 1.88 bits per heavy atom. The van der Waals surface area contributed by atoms with Gasteiger partial charge in [-0.1, -0.05) is 5.16 Å². The molecule has 2 rings (SSSR count). The van der Waals surface area contributed by atoms with Gasteiger partial charge in [-0.2, -0.15) is 0 Å². The molecule has 0 aromatic carbocycles. The highest BCUT2D eigenvalue weighted by atomic mass is 16.4. The minimum Gasteiger partial charge on any atom is -0.409 e. The van der Waals surface area contributed by atoms with Gasteiger partial charge in [0.15, 0.2) is 17.3 Å². The highest BCUT2D eigenvalue weighted by Crippen LogP contribution is 2.20. The minimum absolute atomic E-state index is 0.163. The van der Waals surface area contributed by atoms with Gasteiger partial charge < -0.3 is 26.1 Å². The van der Waals surface area contributed by atoms with E-state index in [1.54, 1.807) is 4.90 Å². The van der Waals surface area contributed by atoms with E-state index in [4.69, 9.17) is 10.9 Å². The molecule has 2 unspecified atom stereocenters. The SMILES string of the molecule is NC(=NO)c1nccnc1N1CC(O)C(O)C1. The molecular weight excluding hydrogens is 226 g/mol. The highest BCUT2D eigenvalue weighted by molar-refractivity contribution is 5.99.